The highest BCUT2D eigenvalue weighted by Gasteiger charge is 2.23. The molecule has 2 rings (SSSR count). The molecule has 3 nitrogen and oxygen atoms in total. The van der Waals surface area contributed by atoms with Crippen LogP contribution in [0.2, 0.25) is 0 Å². The van der Waals surface area contributed by atoms with Gasteiger partial charge in [-0.25, -0.2) is 9.37 Å². The van der Waals surface area contributed by atoms with Crippen molar-refractivity contribution in [3.05, 3.63) is 51.7 Å². The average Bonchev–Trinajstić information content (AvgIpc) is 2.77. The summed E-state index contributed by atoms with van der Waals surface area (Å²) < 4.78 is 13.1. The number of hydrogen-bond acceptors (Lipinski definition) is 4. The first-order chi connectivity index (χ1) is 8.61. The third-order valence-corrected chi connectivity index (χ3v) is 3.36. The average molecular weight is 260 g/mol. The zero-order valence-corrected chi connectivity index (χ0v) is 10.4. The van der Waals surface area contributed by atoms with Crippen LogP contribution in [0, 0.1) is 24.1 Å². The van der Waals surface area contributed by atoms with Gasteiger partial charge in [-0.3, -0.25) is 4.79 Å². The van der Waals surface area contributed by atoms with Gasteiger partial charge < -0.3 is 0 Å². The van der Waals surface area contributed by atoms with Crippen LogP contribution in [-0.4, -0.2) is 10.8 Å². The Kier molecular flexibility index (Phi) is 3.49. The topological polar surface area (TPSA) is 53.8 Å². The van der Waals surface area contributed by atoms with Crippen molar-refractivity contribution in [1.29, 1.82) is 5.26 Å². The maximum atomic E-state index is 13.1. The number of carbonyl (C=O) groups excluding carboxylic acids is 1. The monoisotopic (exact) mass is 260 g/mol. The Morgan fingerprint density at radius 2 is 2.33 bits per heavy atom. The van der Waals surface area contributed by atoms with Crippen molar-refractivity contribution < 1.29 is 9.18 Å². The van der Waals surface area contributed by atoms with Crippen LogP contribution in [0.15, 0.2) is 30.5 Å². The first-order valence-corrected chi connectivity index (χ1v) is 6.05. The Hall–Kier alpha value is -2.06. The number of benzene rings is 1. The van der Waals surface area contributed by atoms with Crippen molar-refractivity contribution in [2.24, 2.45) is 0 Å². The lowest BCUT2D eigenvalue weighted by Gasteiger charge is -2.06. The molecule has 90 valence electrons. The highest BCUT2D eigenvalue weighted by atomic mass is 32.1. The molecule has 0 spiro atoms. The molecule has 1 atom stereocenters. The molecule has 0 saturated carbocycles. The van der Waals surface area contributed by atoms with E-state index in [9.17, 15) is 9.18 Å². The summed E-state index contributed by atoms with van der Waals surface area (Å²) >= 11 is 1.23. The first-order valence-electron chi connectivity index (χ1n) is 5.23. The number of halogens is 1. The maximum absolute atomic E-state index is 13.1. The van der Waals surface area contributed by atoms with E-state index < -0.39 is 11.7 Å². The van der Waals surface area contributed by atoms with Crippen molar-refractivity contribution in [2.45, 2.75) is 12.8 Å². The number of hydrogen-bond donors (Lipinski definition) is 0. The van der Waals surface area contributed by atoms with Crippen molar-refractivity contribution in [3.8, 4) is 6.07 Å². The van der Waals surface area contributed by atoms with E-state index in [-0.39, 0.29) is 5.78 Å². The Balaban J connectivity index is 2.35. The smallest absolute Gasteiger partial charge is 0.195 e. The second-order valence-corrected chi connectivity index (χ2v) is 4.96. The summed E-state index contributed by atoms with van der Waals surface area (Å²) in [7, 11) is 0. The van der Waals surface area contributed by atoms with Crippen molar-refractivity contribution in [2.75, 3.05) is 0 Å². The number of ketones is 1. The molecule has 0 radical (unpaired) electrons. The minimum absolute atomic E-state index is 0.339. The van der Waals surface area contributed by atoms with E-state index in [4.69, 9.17) is 5.26 Å². The summed E-state index contributed by atoms with van der Waals surface area (Å²) in [5.74, 6) is -1.78. The lowest BCUT2D eigenvalue weighted by Crippen LogP contribution is -2.10. The molecule has 1 unspecified atom stereocenters. The second-order valence-electron chi connectivity index (χ2n) is 3.72. The van der Waals surface area contributed by atoms with E-state index >= 15 is 0 Å². The highest BCUT2D eigenvalue weighted by molar-refractivity contribution is 7.13. The van der Waals surface area contributed by atoms with Gasteiger partial charge in [-0.15, -0.1) is 11.3 Å². The van der Waals surface area contributed by atoms with Gasteiger partial charge >= 0.3 is 0 Å². The van der Waals surface area contributed by atoms with Crippen LogP contribution in [0.1, 0.15) is 26.2 Å². The summed E-state index contributed by atoms with van der Waals surface area (Å²) in [6.07, 6.45) is 1.45. The third kappa shape index (κ3) is 2.44. The molecule has 0 saturated heterocycles. The van der Waals surface area contributed by atoms with Crippen LogP contribution in [-0.2, 0) is 0 Å². The standard InChI is InChI=1S/C13H9FN2OS/c1-8-16-7-12(18-8)13(17)11(6-15)9-3-2-4-10(14)5-9/h2-5,7,11H,1H3. The molecular weight excluding hydrogens is 251 g/mol. The molecule has 0 fully saturated rings. The molecule has 1 aromatic carbocycles. The number of aryl methyl sites for hydroxylation is 1. The summed E-state index contributed by atoms with van der Waals surface area (Å²) in [6.45, 7) is 1.78. The van der Waals surface area contributed by atoms with Crippen LogP contribution < -0.4 is 0 Å². The first kappa shape index (κ1) is 12.4. The van der Waals surface area contributed by atoms with E-state index in [1.807, 2.05) is 6.07 Å². The quantitative estimate of drug-likeness (QED) is 0.797. The van der Waals surface area contributed by atoms with Crippen molar-refractivity contribution in [1.82, 2.24) is 4.98 Å². The number of Topliss-reactive ketones (excluding diaryl/α,β-unsaturated/α-hetero) is 1. The van der Waals surface area contributed by atoms with Gasteiger partial charge in [0, 0.05) is 6.20 Å². The van der Waals surface area contributed by atoms with Crippen molar-refractivity contribution in [3.63, 3.8) is 0 Å². The summed E-state index contributed by atoms with van der Waals surface area (Å²) in [4.78, 5) is 16.5. The molecule has 1 aromatic heterocycles. The fraction of sp³-hybridized carbons (Fsp3) is 0.154. The van der Waals surface area contributed by atoms with E-state index in [1.165, 1.54) is 35.7 Å². The van der Waals surface area contributed by atoms with Crippen molar-refractivity contribution >= 4 is 17.1 Å². The van der Waals surface area contributed by atoms with Gasteiger partial charge in [0.25, 0.3) is 0 Å². The summed E-state index contributed by atoms with van der Waals surface area (Å²) in [5.41, 5.74) is 0.369. The van der Waals surface area contributed by atoms with Crippen LogP contribution in [0.4, 0.5) is 4.39 Å². The van der Waals surface area contributed by atoms with Gasteiger partial charge in [-0.2, -0.15) is 5.26 Å². The van der Waals surface area contributed by atoms with E-state index in [2.05, 4.69) is 4.98 Å². The molecule has 0 aliphatic rings. The fourth-order valence-electron chi connectivity index (χ4n) is 1.59. The van der Waals surface area contributed by atoms with E-state index in [1.54, 1.807) is 13.0 Å². The predicted octanol–water partition coefficient (Wildman–Crippen LogP) is 3.08. The minimum atomic E-state index is -0.986. The Labute approximate surface area is 108 Å². The maximum Gasteiger partial charge on any atom is 0.195 e. The highest BCUT2D eigenvalue weighted by Crippen LogP contribution is 2.24. The van der Waals surface area contributed by atoms with Crippen LogP contribution in [0.5, 0.6) is 0 Å². The minimum Gasteiger partial charge on any atom is -0.291 e. The number of nitrogens with zero attached hydrogens (tertiary/aromatic N) is 2. The van der Waals surface area contributed by atoms with Crippen LogP contribution in [0.25, 0.3) is 0 Å². The Morgan fingerprint density at radius 3 is 2.89 bits per heavy atom. The lowest BCUT2D eigenvalue weighted by molar-refractivity contribution is 0.0982. The molecule has 0 bridgehead atoms. The molecule has 0 N–H and O–H groups in total. The molecule has 5 heteroatoms. The summed E-state index contributed by atoms with van der Waals surface area (Å²) in [5, 5.41) is 9.86. The zero-order chi connectivity index (χ0) is 13.1. The fourth-order valence-corrected chi connectivity index (χ4v) is 2.34. The Bertz CT molecular complexity index is 630. The normalized spacial score (nSPS) is 11.8. The summed E-state index contributed by atoms with van der Waals surface area (Å²) in [6, 6.07) is 7.46. The third-order valence-electron chi connectivity index (χ3n) is 2.44. The predicted molar refractivity (Wildman–Crippen MR) is 65.9 cm³/mol. The number of carbonyl (C=O) groups is 1. The van der Waals surface area contributed by atoms with Gasteiger partial charge in [-0.1, -0.05) is 12.1 Å². The second kappa shape index (κ2) is 5.07. The molecule has 0 aliphatic carbocycles. The lowest BCUT2D eigenvalue weighted by atomic mass is 9.95. The number of aromatic nitrogens is 1. The van der Waals surface area contributed by atoms with Crippen LogP contribution in [0.3, 0.4) is 0 Å². The van der Waals surface area contributed by atoms with Gasteiger partial charge in [0.1, 0.15) is 11.7 Å². The number of thiazole rings is 1. The van der Waals surface area contributed by atoms with Gasteiger partial charge in [0.15, 0.2) is 5.78 Å². The molecule has 18 heavy (non-hydrogen) atoms. The number of nitriles is 1. The molecular formula is C13H9FN2OS. The van der Waals surface area contributed by atoms with E-state index in [0.29, 0.717) is 10.4 Å². The molecule has 0 aliphatic heterocycles. The SMILES string of the molecule is Cc1ncc(C(=O)C(C#N)c2cccc(F)c2)s1. The Morgan fingerprint density at radius 1 is 1.56 bits per heavy atom. The van der Waals surface area contributed by atoms with Gasteiger partial charge in [0.2, 0.25) is 0 Å². The molecule has 2 aromatic rings. The largest absolute Gasteiger partial charge is 0.291 e. The zero-order valence-electron chi connectivity index (χ0n) is 9.55. The molecule has 1 heterocycles. The van der Waals surface area contributed by atoms with Gasteiger partial charge in [-0.05, 0) is 24.6 Å². The van der Waals surface area contributed by atoms with E-state index in [0.717, 1.165) is 5.01 Å². The molecule has 0 amide bonds. The van der Waals surface area contributed by atoms with Crippen LogP contribution >= 0.6 is 11.3 Å². The number of rotatable bonds is 3. The van der Waals surface area contributed by atoms with Gasteiger partial charge in [0.05, 0.1) is 16.0 Å².